The number of nitrogen functional groups attached to an aromatic ring is 1. The lowest BCUT2D eigenvalue weighted by Crippen LogP contribution is -2.25. The second-order valence-electron chi connectivity index (χ2n) is 4.42. The maximum Gasteiger partial charge on any atom is 0.180 e. The van der Waals surface area contributed by atoms with E-state index in [2.05, 4.69) is 40.7 Å². The molecule has 2 aromatic rings. The van der Waals surface area contributed by atoms with Crippen LogP contribution in [0.1, 0.15) is 10.4 Å². The molecule has 0 aliphatic carbocycles. The fourth-order valence-electron chi connectivity index (χ4n) is 1.97. The number of hydrogen-bond acceptors (Lipinski definition) is 4. The number of rotatable bonds is 7. The summed E-state index contributed by atoms with van der Waals surface area (Å²) in [6.45, 7) is 6.59. The highest BCUT2D eigenvalue weighted by Gasteiger charge is 2.07. The van der Waals surface area contributed by atoms with Crippen molar-refractivity contribution < 1.29 is 0 Å². The van der Waals surface area contributed by atoms with Gasteiger partial charge in [-0.3, -0.25) is 4.90 Å². The average Bonchev–Trinajstić information content (AvgIpc) is 2.83. The first-order valence-corrected chi connectivity index (χ1v) is 7.17. The van der Waals surface area contributed by atoms with Crippen molar-refractivity contribution in [2.75, 3.05) is 18.8 Å². The largest absolute Gasteiger partial charge is 0.375 e. The van der Waals surface area contributed by atoms with E-state index in [1.54, 1.807) is 11.3 Å². The number of benzene rings is 1. The summed E-state index contributed by atoms with van der Waals surface area (Å²) in [5.74, 6) is 0. The average molecular weight is 310 g/mol. The van der Waals surface area contributed by atoms with Crippen LogP contribution in [0.4, 0.5) is 5.13 Å². The number of halogens is 1. The second kappa shape index (κ2) is 8.74. The molecule has 0 bridgehead atoms. The molecule has 0 unspecified atom stereocenters. The van der Waals surface area contributed by atoms with Crippen LogP contribution in [0.2, 0.25) is 0 Å². The maximum atomic E-state index is 5.66. The van der Waals surface area contributed by atoms with Gasteiger partial charge in [-0.25, -0.2) is 4.98 Å². The molecule has 1 heterocycles. The molecule has 1 aromatic carbocycles. The standard InChI is InChI=1S/C15H19N3S.ClH/c1-2-9-18(12-14-11-17-15(16)19-14)10-8-13-6-4-3-5-7-13;/h2-7,11H,1,8-10,12H2,(H2,16,17);1H. The molecule has 0 fully saturated rings. The summed E-state index contributed by atoms with van der Waals surface area (Å²) in [4.78, 5) is 7.65. The first-order valence-electron chi connectivity index (χ1n) is 6.35. The smallest absolute Gasteiger partial charge is 0.180 e. The quantitative estimate of drug-likeness (QED) is 0.797. The molecule has 108 valence electrons. The summed E-state index contributed by atoms with van der Waals surface area (Å²) < 4.78 is 0. The fourth-order valence-corrected chi connectivity index (χ4v) is 2.69. The van der Waals surface area contributed by atoms with Crippen LogP contribution in [0, 0.1) is 0 Å². The molecule has 0 radical (unpaired) electrons. The molecule has 0 saturated heterocycles. The minimum absolute atomic E-state index is 0. The molecular formula is C15H20ClN3S. The molecule has 0 amide bonds. The van der Waals surface area contributed by atoms with Gasteiger partial charge >= 0.3 is 0 Å². The number of anilines is 1. The van der Waals surface area contributed by atoms with Gasteiger partial charge in [-0.05, 0) is 12.0 Å². The van der Waals surface area contributed by atoms with Crippen LogP contribution in [0.15, 0.2) is 49.2 Å². The Balaban J connectivity index is 0.00000200. The van der Waals surface area contributed by atoms with Gasteiger partial charge in [0, 0.05) is 30.7 Å². The Morgan fingerprint density at radius 2 is 2.05 bits per heavy atom. The summed E-state index contributed by atoms with van der Waals surface area (Å²) in [6, 6.07) is 10.5. The predicted molar refractivity (Wildman–Crippen MR) is 89.4 cm³/mol. The normalized spacial score (nSPS) is 10.2. The van der Waals surface area contributed by atoms with Gasteiger partial charge in [0.1, 0.15) is 0 Å². The minimum atomic E-state index is 0. The van der Waals surface area contributed by atoms with Crippen molar-refractivity contribution in [1.29, 1.82) is 0 Å². The van der Waals surface area contributed by atoms with E-state index in [9.17, 15) is 0 Å². The fraction of sp³-hybridized carbons (Fsp3) is 0.267. The van der Waals surface area contributed by atoms with E-state index < -0.39 is 0 Å². The second-order valence-corrected chi connectivity index (χ2v) is 5.57. The van der Waals surface area contributed by atoms with Gasteiger partial charge in [-0.15, -0.1) is 30.3 Å². The zero-order valence-electron chi connectivity index (χ0n) is 11.4. The van der Waals surface area contributed by atoms with Gasteiger partial charge < -0.3 is 5.73 Å². The van der Waals surface area contributed by atoms with E-state index in [1.807, 2.05) is 18.3 Å². The Morgan fingerprint density at radius 1 is 1.30 bits per heavy atom. The van der Waals surface area contributed by atoms with Crippen molar-refractivity contribution in [2.24, 2.45) is 0 Å². The zero-order chi connectivity index (χ0) is 13.5. The van der Waals surface area contributed by atoms with Crippen molar-refractivity contribution in [3.05, 3.63) is 59.6 Å². The van der Waals surface area contributed by atoms with Crippen LogP contribution in [-0.4, -0.2) is 23.0 Å². The van der Waals surface area contributed by atoms with Crippen molar-refractivity contribution in [3.63, 3.8) is 0 Å². The maximum absolute atomic E-state index is 5.66. The van der Waals surface area contributed by atoms with Gasteiger partial charge in [0.2, 0.25) is 0 Å². The van der Waals surface area contributed by atoms with Crippen LogP contribution < -0.4 is 5.73 Å². The van der Waals surface area contributed by atoms with Gasteiger partial charge in [0.25, 0.3) is 0 Å². The lowest BCUT2D eigenvalue weighted by atomic mass is 10.1. The topological polar surface area (TPSA) is 42.2 Å². The van der Waals surface area contributed by atoms with Crippen LogP contribution in [0.5, 0.6) is 0 Å². The minimum Gasteiger partial charge on any atom is -0.375 e. The molecule has 2 rings (SSSR count). The predicted octanol–water partition coefficient (Wildman–Crippen LogP) is 3.38. The highest BCUT2D eigenvalue weighted by atomic mass is 35.5. The Bertz CT molecular complexity index is 513. The van der Waals surface area contributed by atoms with E-state index >= 15 is 0 Å². The lowest BCUT2D eigenvalue weighted by molar-refractivity contribution is 0.301. The monoisotopic (exact) mass is 309 g/mol. The molecule has 2 N–H and O–H groups in total. The third-order valence-corrected chi connectivity index (χ3v) is 3.71. The Kier molecular flexibility index (Phi) is 7.30. The molecule has 0 atom stereocenters. The molecule has 1 aromatic heterocycles. The van der Waals surface area contributed by atoms with E-state index in [4.69, 9.17) is 5.73 Å². The van der Waals surface area contributed by atoms with Crippen molar-refractivity contribution >= 4 is 28.9 Å². The summed E-state index contributed by atoms with van der Waals surface area (Å²) in [6.07, 6.45) is 4.84. The van der Waals surface area contributed by atoms with E-state index in [0.29, 0.717) is 5.13 Å². The number of hydrogen-bond donors (Lipinski definition) is 1. The van der Waals surface area contributed by atoms with Crippen LogP contribution in [0.25, 0.3) is 0 Å². The van der Waals surface area contributed by atoms with Crippen LogP contribution in [-0.2, 0) is 13.0 Å². The van der Waals surface area contributed by atoms with E-state index in [-0.39, 0.29) is 12.4 Å². The molecule has 0 spiro atoms. The van der Waals surface area contributed by atoms with Gasteiger partial charge in [-0.1, -0.05) is 36.4 Å². The molecule has 20 heavy (non-hydrogen) atoms. The number of thiazole rings is 1. The van der Waals surface area contributed by atoms with E-state index in [1.165, 1.54) is 10.4 Å². The Morgan fingerprint density at radius 3 is 2.65 bits per heavy atom. The SMILES string of the molecule is C=CCN(CCc1ccccc1)Cc1cnc(N)s1.Cl. The van der Waals surface area contributed by atoms with Crippen LogP contribution >= 0.6 is 23.7 Å². The van der Waals surface area contributed by atoms with E-state index in [0.717, 1.165) is 26.1 Å². The molecule has 5 heteroatoms. The Labute approximate surface area is 130 Å². The number of aromatic nitrogens is 1. The highest BCUT2D eigenvalue weighted by molar-refractivity contribution is 7.15. The number of nitrogens with two attached hydrogens (primary N) is 1. The third-order valence-electron chi connectivity index (χ3n) is 2.90. The summed E-state index contributed by atoms with van der Waals surface area (Å²) in [5, 5.41) is 0.636. The molecular weight excluding hydrogens is 290 g/mol. The third kappa shape index (κ3) is 5.33. The molecule has 0 saturated carbocycles. The van der Waals surface area contributed by atoms with Crippen molar-refractivity contribution in [1.82, 2.24) is 9.88 Å². The number of nitrogens with zero attached hydrogens (tertiary/aromatic N) is 2. The van der Waals surface area contributed by atoms with Gasteiger partial charge in [0.05, 0.1) is 0 Å². The molecule has 0 aliphatic rings. The van der Waals surface area contributed by atoms with Crippen molar-refractivity contribution in [2.45, 2.75) is 13.0 Å². The molecule has 3 nitrogen and oxygen atoms in total. The zero-order valence-corrected chi connectivity index (χ0v) is 13.0. The van der Waals surface area contributed by atoms with Crippen molar-refractivity contribution in [3.8, 4) is 0 Å². The van der Waals surface area contributed by atoms with Gasteiger partial charge in [0.15, 0.2) is 5.13 Å². The summed E-state index contributed by atoms with van der Waals surface area (Å²) >= 11 is 1.55. The Hall–Kier alpha value is -1.36. The summed E-state index contributed by atoms with van der Waals surface area (Å²) in [7, 11) is 0. The summed E-state index contributed by atoms with van der Waals surface area (Å²) in [5.41, 5.74) is 7.02. The first-order chi connectivity index (χ1) is 9.28. The highest BCUT2D eigenvalue weighted by Crippen LogP contribution is 2.16. The lowest BCUT2D eigenvalue weighted by Gasteiger charge is -2.19. The van der Waals surface area contributed by atoms with Crippen LogP contribution in [0.3, 0.4) is 0 Å². The molecule has 0 aliphatic heterocycles. The van der Waals surface area contributed by atoms with Gasteiger partial charge in [-0.2, -0.15) is 0 Å². The first kappa shape index (κ1) is 16.7.